The van der Waals surface area contributed by atoms with E-state index in [1.165, 1.54) is 31.2 Å². The van der Waals surface area contributed by atoms with Gasteiger partial charge in [-0.15, -0.1) is 0 Å². The van der Waals surface area contributed by atoms with E-state index < -0.39 is 17.7 Å². The number of anilines is 1. The van der Waals surface area contributed by atoms with Crippen molar-refractivity contribution in [3.05, 3.63) is 33.7 Å². The summed E-state index contributed by atoms with van der Waals surface area (Å²) >= 11 is 0. The predicted octanol–water partition coefficient (Wildman–Crippen LogP) is 4.09. The molecule has 0 heterocycles. The predicted molar refractivity (Wildman–Crippen MR) is 86.0 cm³/mol. The number of rotatable bonds is 3. The molecule has 1 aromatic carbocycles. The van der Waals surface area contributed by atoms with Gasteiger partial charge in [-0.1, -0.05) is 5.11 Å². The third-order valence-electron chi connectivity index (χ3n) is 2.96. The van der Waals surface area contributed by atoms with Crippen LogP contribution in [-0.2, 0) is 9.47 Å². The van der Waals surface area contributed by atoms with Gasteiger partial charge in [-0.3, -0.25) is 4.90 Å². The zero-order valence-corrected chi connectivity index (χ0v) is 14.1. The summed E-state index contributed by atoms with van der Waals surface area (Å²) in [7, 11) is 2.75. The number of benzene rings is 1. The molecule has 0 fully saturated rings. The van der Waals surface area contributed by atoms with Crippen LogP contribution in [-0.4, -0.2) is 31.8 Å². The summed E-state index contributed by atoms with van der Waals surface area (Å²) in [5.41, 5.74) is 9.35. The van der Waals surface area contributed by atoms with E-state index in [0.29, 0.717) is 11.3 Å². The van der Waals surface area contributed by atoms with Crippen molar-refractivity contribution in [2.45, 2.75) is 33.3 Å². The Hall–Kier alpha value is -2.73. The summed E-state index contributed by atoms with van der Waals surface area (Å²) in [5.74, 6) is -0.599. The molecule has 8 heteroatoms. The fraction of sp³-hybridized carbons (Fsp3) is 0.467. The quantitative estimate of drug-likeness (QED) is 0.362. The molecule has 0 saturated carbocycles. The Balaban J connectivity index is 3.38. The number of carbonyl (C=O) groups excluding carboxylic acids is 2. The van der Waals surface area contributed by atoms with Gasteiger partial charge in [0.15, 0.2) is 0 Å². The maximum atomic E-state index is 12.2. The Morgan fingerprint density at radius 2 is 1.91 bits per heavy atom. The number of ether oxygens (including phenoxy) is 2. The van der Waals surface area contributed by atoms with E-state index in [9.17, 15) is 9.59 Å². The Labute approximate surface area is 134 Å². The van der Waals surface area contributed by atoms with Gasteiger partial charge in [0.2, 0.25) is 0 Å². The number of hydrogen-bond donors (Lipinski definition) is 0. The molecule has 0 spiro atoms. The van der Waals surface area contributed by atoms with Crippen LogP contribution in [0.25, 0.3) is 10.4 Å². The van der Waals surface area contributed by atoms with E-state index in [1.54, 1.807) is 27.7 Å². The van der Waals surface area contributed by atoms with Crippen molar-refractivity contribution in [2.75, 3.05) is 19.1 Å². The highest BCUT2D eigenvalue weighted by Crippen LogP contribution is 2.31. The molecule has 0 bridgehead atoms. The molecule has 0 atom stereocenters. The largest absolute Gasteiger partial charge is 0.465 e. The van der Waals surface area contributed by atoms with Crippen LogP contribution in [0, 0.1) is 6.92 Å². The van der Waals surface area contributed by atoms with Crippen molar-refractivity contribution in [2.24, 2.45) is 5.11 Å². The first-order chi connectivity index (χ1) is 10.6. The number of azide groups is 1. The zero-order chi connectivity index (χ0) is 17.8. The van der Waals surface area contributed by atoms with Crippen LogP contribution in [0.4, 0.5) is 16.2 Å². The number of hydrogen-bond acceptors (Lipinski definition) is 5. The van der Waals surface area contributed by atoms with Crippen LogP contribution in [0.5, 0.6) is 0 Å². The standard InChI is InChI=1S/C15H20N4O4/c1-9-11(17-18-16)7-10(13(20)22-6)8-12(9)19(5)14(21)23-15(2,3)4/h7-8H,1-6H3. The van der Waals surface area contributed by atoms with E-state index in [-0.39, 0.29) is 11.3 Å². The lowest BCUT2D eigenvalue weighted by Crippen LogP contribution is -2.34. The second kappa shape index (κ2) is 7.02. The average molecular weight is 320 g/mol. The Morgan fingerprint density at radius 3 is 2.39 bits per heavy atom. The molecule has 0 aliphatic heterocycles. The van der Waals surface area contributed by atoms with Crippen LogP contribution < -0.4 is 4.90 Å². The summed E-state index contributed by atoms with van der Waals surface area (Å²) in [6, 6.07) is 2.90. The van der Waals surface area contributed by atoms with Crippen molar-refractivity contribution in [3.63, 3.8) is 0 Å². The van der Waals surface area contributed by atoms with Gasteiger partial charge in [-0.25, -0.2) is 9.59 Å². The highest BCUT2D eigenvalue weighted by atomic mass is 16.6. The summed E-state index contributed by atoms with van der Waals surface area (Å²) in [6.07, 6.45) is -0.588. The minimum absolute atomic E-state index is 0.172. The van der Waals surface area contributed by atoms with Crippen molar-refractivity contribution < 1.29 is 19.1 Å². The fourth-order valence-electron chi connectivity index (χ4n) is 1.85. The number of esters is 1. The second-order valence-corrected chi connectivity index (χ2v) is 5.86. The summed E-state index contributed by atoms with van der Waals surface area (Å²) in [5, 5.41) is 3.55. The van der Waals surface area contributed by atoms with Crippen LogP contribution in [0.3, 0.4) is 0 Å². The maximum absolute atomic E-state index is 12.2. The lowest BCUT2D eigenvalue weighted by molar-refractivity contribution is 0.0580. The smallest absolute Gasteiger partial charge is 0.414 e. The van der Waals surface area contributed by atoms with Crippen molar-refractivity contribution >= 4 is 23.4 Å². The number of carbonyl (C=O) groups is 2. The Morgan fingerprint density at radius 1 is 1.30 bits per heavy atom. The van der Waals surface area contributed by atoms with E-state index in [4.69, 9.17) is 10.3 Å². The molecular weight excluding hydrogens is 300 g/mol. The molecule has 124 valence electrons. The molecule has 1 aromatic rings. The molecule has 0 unspecified atom stereocenters. The zero-order valence-electron chi connectivity index (χ0n) is 14.1. The summed E-state index contributed by atoms with van der Waals surface area (Å²) in [4.78, 5) is 28.0. The average Bonchev–Trinajstić information content (AvgIpc) is 2.46. The minimum atomic E-state index is -0.660. The van der Waals surface area contributed by atoms with Crippen molar-refractivity contribution in [3.8, 4) is 0 Å². The molecule has 0 aliphatic carbocycles. The topological polar surface area (TPSA) is 105 Å². The third kappa shape index (κ3) is 4.62. The Bertz CT molecular complexity index is 673. The van der Waals surface area contributed by atoms with Crippen molar-refractivity contribution in [1.82, 2.24) is 0 Å². The molecule has 0 radical (unpaired) electrons. The highest BCUT2D eigenvalue weighted by Gasteiger charge is 2.23. The van der Waals surface area contributed by atoms with Gasteiger partial charge in [-0.05, 0) is 50.9 Å². The minimum Gasteiger partial charge on any atom is -0.465 e. The fourth-order valence-corrected chi connectivity index (χ4v) is 1.85. The molecule has 8 nitrogen and oxygen atoms in total. The van der Waals surface area contributed by atoms with Gasteiger partial charge in [0.1, 0.15) is 5.60 Å². The molecule has 1 rings (SSSR count). The lowest BCUT2D eigenvalue weighted by atomic mass is 10.1. The molecule has 0 aliphatic rings. The van der Waals surface area contributed by atoms with E-state index in [2.05, 4.69) is 14.8 Å². The van der Waals surface area contributed by atoms with E-state index in [1.807, 2.05) is 0 Å². The normalized spacial score (nSPS) is 10.5. The maximum Gasteiger partial charge on any atom is 0.414 e. The SMILES string of the molecule is COC(=O)c1cc(N=[N+]=[N-])c(C)c(N(C)C(=O)OC(C)(C)C)c1. The highest BCUT2D eigenvalue weighted by molar-refractivity contribution is 5.96. The Kier molecular flexibility index (Phi) is 5.59. The van der Waals surface area contributed by atoms with Gasteiger partial charge >= 0.3 is 12.1 Å². The first-order valence-corrected chi connectivity index (χ1v) is 6.85. The lowest BCUT2D eigenvalue weighted by Gasteiger charge is -2.26. The molecule has 1 amide bonds. The first kappa shape index (κ1) is 18.3. The van der Waals surface area contributed by atoms with Crippen LogP contribution in [0.15, 0.2) is 17.2 Å². The third-order valence-corrected chi connectivity index (χ3v) is 2.96. The van der Waals surface area contributed by atoms with Gasteiger partial charge in [0.25, 0.3) is 0 Å². The monoisotopic (exact) mass is 320 g/mol. The second-order valence-electron chi connectivity index (χ2n) is 5.86. The van der Waals surface area contributed by atoms with E-state index in [0.717, 1.165) is 0 Å². The van der Waals surface area contributed by atoms with Gasteiger partial charge in [-0.2, -0.15) is 0 Å². The number of amides is 1. The molecule has 23 heavy (non-hydrogen) atoms. The summed E-state index contributed by atoms with van der Waals surface area (Å²) < 4.78 is 9.98. The van der Waals surface area contributed by atoms with Gasteiger partial charge < -0.3 is 9.47 Å². The van der Waals surface area contributed by atoms with Crippen LogP contribution in [0.1, 0.15) is 36.7 Å². The van der Waals surface area contributed by atoms with Crippen LogP contribution >= 0.6 is 0 Å². The van der Waals surface area contributed by atoms with E-state index >= 15 is 0 Å². The molecule has 0 saturated heterocycles. The molecule has 0 aromatic heterocycles. The van der Waals surface area contributed by atoms with Gasteiger partial charge in [0, 0.05) is 17.6 Å². The number of nitrogens with zero attached hydrogens (tertiary/aromatic N) is 4. The van der Waals surface area contributed by atoms with Gasteiger partial charge in [0.05, 0.1) is 18.4 Å². The molecule has 0 N–H and O–H groups in total. The molecular formula is C15H20N4O4. The number of methoxy groups -OCH3 is 1. The van der Waals surface area contributed by atoms with Crippen LogP contribution in [0.2, 0.25) is 0 Å². The summed E-state index contributed by atoms with van der Waals surface area (Å²) in [6.45, 7) is 6.94. The van der Waals surface area contributed by atoms with Crippen molar-refractivity contribution in [1.29, 1.82) is 0 Å². The first-order valence-electron chi connectivity index (χ1n) is 6.85.